The van der Waals surface area contributed by atoms with Gasteiger partial charge in [-0.05, 0) is 66.6 Å². The minimum absolute atomic E-state index is 0.0763. The summed E-state index contributed by atoms with van der Waals surface area (Å²) >= 11 is 1.36. The third-order valence-electron chi connectivity index (χ3n) is 5.33. The number of rotatable bonds is 6. The third-order valence-corrected chi connectivity index (χ3v) is 6.21. The summed E-state index contributed by atoms with van der Waals surface area (Å²) in [6.45, 7) is 3.69. The number of aromatic nitrogens is 1. The summed E-state index contributed by atoms with van der Waals surface area (Å²) in [4.78, 5) is 30.8. The van der Waals surface area contributed by atoms with E-state index >= 15 is 0 Å². The van der Waals surface area contributed by atoms with E-state index in [9.17, 15) is 9.59 Å². The second-order valence-corrected chi connectivity index (χ2v) is 8.25. The number of benzene rings is 2. The van der Waals surface area contributed by atoms with E-state index < -0.39 is 0 Å². The summed E-state index contributed by atoms with van der Waals surface area (Å²) in [5, 5.41) is 2.39. The zero-order valence-electron chi connectivity index (χ0n) is 17.2. The van der Waals surface area contributed by atoms with Crippen LogP contribution in [-0.4, -0.2) is 16.9 Å². The van der Waals surface area contributed by atoms with Crippen molar-refractivity contribution in [2.75, 3.05) is 4.90 Å². The van der Waals surface area contributed by atoms with E-state index in [-0.39, 0.29) is 18.5 Å². The number of carbonyl (C=O) groups excluding carboxylic acids is 2. The van der Waals surface area contributed by atoms with Gasteiger partial charge in [0.25, 0.3) is 0 Å². The SMILES string of the molecule is CCc1ccc(N(C(C)=O)c2nc(COC(=O)c3ccc4c(c3)CCC4)cs2)cc1. The van der Waals surface area contributed by atoms with Gasteiger partial charge in [0.2, 0.25) is 5.91 Å². The molecule has 2 aromatic carbocycles. The van der Waals surface area contributed by atoms with Gasteiger partial charge in [-0.3, -0.25) is 9.69 Å². The quantitative estimate of drug-likeness (QED) is 0.512. The highest BCUT2D eigenvalue weighted by molar-refractivity contribution is 7.14. The van der Waals surface area contributed by atoms with Gasteiger partial charge < -0.3 is 4.74 Å². The average molecular weight is 421 g/mol. The molecular formula is C24H24N2O3S. The summed E-state index contributed by atoms with van der Waals surface area (Å²) in [6.07, 6.45) is 4.19. The standard InChI is InChI=1S/C24H24N2O3S/c1-3-17-7-11-22(12-8-17)26(16(2)27)24-25-21(15-30-24)14-29-23(28)20-10-9-18-5-4-6-19(18)13-20/h7-13,15H,3-6,14H2,1-2H3. The van der Waals surface area contributed by atoms with Gasteiger partial charge in [-0.2, -0.15) is 0 Å². The average Bonchev–Trinajstić information content (AvgIpc) is 3.41. The summed E-state index contributed by atoms with van der Waals surface area (Å²) in [6, 6.07) is 13.7. The molecule has 0 aliphatic heterocycles. The van der Waals surface area contributed by atoms with Crippen molar-refractivity contribution in [2.45, 2.75) is 46.1 Å². The minimum Gasteiger partial charge on any atom is -0.456 e. The molecule has 1 heterocycles. The number of anilines is 2. The molecule has 0 fully saturated rings. The Balaban J connectivity index is 1.44. The van der Waals surface area contributed by atoms with E-state index in [4.69, 9.17) is 4.74 Å². The van der Waals surface area contributed by atoms with Gasteiger partial charge in [-0.25, -0.2) is 9.78 Å². The van der Waals surface area contributed by atoms with Crippen molar-refractivity contribution < 1.29 is 14.3 Å². The number of thiazole rings is 1. The molecule has 0 N–H and O–H groups in total. The number of hydrogen-bond acceptors (Lipinski definition) is 5. The molecule has 1 aromatic heterocycles. The molecule has 1 aliphatic rings. The lowest BCUT2D eigenvalue weighted by molar-refractivity contribution is -0.115. The van der Waals surface area contributed by atoms with Crippen molar-refractivity contribution in [3.05, 3.63) is 75.8 Å². The van der Waals surface area contributed by atoms with E-state index in [1.54, 1.807) is 4.90 Å². The van der Waals surface area contributed by atoms with Crippen LogP contribution in [0, 0.1) is 0 Å². The Morgan fingerprint density at radius 2 is 1.87 bits per heavy atom. The van der Waals surface area contributed by atoms with Crippen molar-refractivity contribution >= 4 is 34.0 Å². The Bertz CT molecular complexity index is 1070. The van der Waals surface area contributed by atoms with Crippen molar-refractivity contribution in [3.8, 4) is 0 Å². The second kappa shape index (κ2) is 8.79. The molecule has 6 heteroatoms. The van der Waals surface area contributed by atoms with Crippen LogP contribution in [-0.2, 0) is 35.4 Å². The van der Waals surface area contributed by atoms with Gasteiger partial charge in [0.15, 0.2) is 5.13 Å². The number of hydrogen-bond donors (Lipinski definition) is 0. The number of fused-ring (bicyclic) bond motifs is 1. The second-order valence-electron chi connectivity index (χ2n) is 7.41. The van der Waals surface area contributed by atoms with Gasteiger partial charge in [-0.1, -0.05) is 25.1 Å². The van der Waals surface area contributed by atoms with Crippen LogP contribution in [0.2, 0.25) is 0 Å². The molecule has 30 heavy (non-hydrogen) atoms. The van der Waals surface area contributed by atoms with Gasteiger partial charge in [0, 0.05) is 12.3 Å². The van der Waals surface area contributed by atoms with Crippen LogP contribution >= 0.6 is 11.3 Å². The molecule has 0 unspecified atom stereocenters. The van der Waals surface area contributed by atoms with E-state index in [1.807, 2.05) is 47.8 Å². The fourth-order valence-electron chi connectivity index (χ4n) is 3.69. The van der Waals surface area contributed by atoms with Crippen molar-refractivity contribution in [1.82, 2.24) is 4.98 Å². The molecule has 0 spiro atoms. The van der Waals surface area contributed by atoms with Crippen LogP contribution in [0.15, 0.2) is 47.8 Å². The van der Waals surface area contributed by atoms with E-state index in [0.29, 0.717) is 16.4 Å². The van der Waals surface area contributed by atoms with Gasteiger partial charge in [-0.15, -0.1) is 11.3 Å². The monoisotopic (exact) mass is 420 g/mol. The van der Waals surface area contributed by atoms with Crippen LogP contribution in [0.1, 0.15) is 53.0 Å². The highest BCUT2D eigenvalue weighted by Gasteiger charge is 2.19. The predicted octanol–water partition coefficient (Wildman–Crippen LogP) is 5.24. The first-order chi connectivity index (χ1) is 14.5. The molecule has 4 rings (SSSR count). The maximum Gasteiger partial charge on any atom is 0.338 e. The Labute approximate surface area is 180 Å². The molecule has 0 saturated carbocycles. The van der Waals surface area contributed by atoms with E-state index in [1.165, 1.54) is 35.0 Å². The summed E-state index contributed by atoms with van der Waals surface area (Å²) < 4.78 is 5.47. The molecule has 1 aliphatic carbocycles. The van der Waals surface area contributed by atoms with Gasteiger partial charge in [0.05, 0.1) is 16.9 Å². The number of aryl methyl sites for hydroxylation is 3. The number of nitrogens with zero attached hydrogens (tertiary/aromatic N) is 2. The summed E-state index contributed by atoms with van der Waals surface area (Å²) in [7, 11) is 0. The Morgan fingerprint density at radius 1 is 1.10 bits per heavy atom. The third kappa shape index (κ3) is 4.28. The minimum atomic E-state index is -0.349. The fourth-order valence-corrected chi connectivity index (χ4v) is 4.57. The molecule has 154 valence electrons. The smallest absolute Gasteiger partial charge is 0.338 e. The highest BCUT2D eigenvalue weighted by Crippen LogP contribution is 2.29. The Kier molecular flexibility index (Phi) is 5.95. The molecule has 0 saturated heterocycles. The summed E-state index contributed by atoms with van der Waals surface area (Å²) in [5.74, 6) is -0.465. The molecule has 1 amide bonds. The normalized spacial score (nSPS) is 12.5. The van der Waals surface area contributed by atoms with Crippen molar-refractivity contribution in [2.24, 2.45) is 0 Å². The molecular weight excluding hydrogens is 396 g/mol. The maximum absolute atomic E-state index is 12.4. The molecule has 0 radical (unpaired) electrons. The number of esters is 1. The Hall–Kier alpha value is -2.99. The van der Waals surface area contributed by atoms with Gasteiger partial charge in [0.1, 0.15) is 6.61 Å². The zero-order chi connectivity index (χ0) is 21.1. The maximum atomic E-state index is 12.4. The van der Waals surface area contributed by atoms with Crippen LogP contribution in [0.4, 0.5) is 10.8 Å². The number of ether oxygens (including phenoxy) is 1. The molecule has 5 nitrogen and oxygen atoms in total. The molecule has 0 atom stereocenters. The van der Waals surface area contributed by atoms with Crippen LogP contribution in [0.5, 0.6) is 0 Å². The first-order valence-electron chi connectivity index (χ1n) is 10.2. The lowest BCUT2D eigenvalue weighted by Crippen LogP contribution is -2.22. The topological polar surface area (TPSA) is 59.5 Å². The lowest BCUT2D eigenvalue weighted by Gasteiger charge is -2.18. The van der Waals surface area contributed by atoms with Crippen molar-refractivity contribution in [3.63, 3.8) is 0 Å². The van der Waals surface area contributed by atoms with E-state index in [2.05, 4.69) is 11.9 Å². The summed E-state index contributed by atoms with van der Waals surface area (Å²) in [5.41, 5.74) is 5.75. The highest BCUT2D eigenvalue weighted by atomic mass is 32.1. The van der Waals surface area contributed by atoms with Crippen molar-refractivity contribution in [1.29, 1.82) is 0 Å². The fraction of sp³-hybridized carbons (Fsp3) is 0.292. The van der Waals surface area contributed by atoms with Gasteiger partial charge >= 0.3 is 5.97 Å². The molecule has 3 aromatic rings. The predicted molar refractivity (Wildman–Crippen MR) is 118 cm³/mol. The first kappa shape index (κ1) is 20.3. The molecule has 0 bridgehead atoms. The number of carbonyl (C=O) groups is 2. The number of amides is 1. The largest absolute Gasteiger partial charge is 0.456 e. The van der Waals surface area contributed by atoms with Crippen LogP contribution < -0.4 is 4.90 Å². The zero-order valence-corrected chi connectivity index (χ0v) is 18.0. The first-order valence-corrected chi connectivity index (χ1v) is 11.1. The van der Waals surface area contributed by atoms with Crippen LogP contribution in [0.25, 0.3) is 0 Å². The Morgan fingerprint density at radius 3 is 2.60 bits per heavy atom. The van der Waals surface area contributed by atoms with Crippen LogP contribution in [0.3, 0.4) is 0 Å². The van der Waals surface area contributed by atoms with E-state index in [0.717, 1.165) is 31.4 Å². The lowest BCUT2D eigenvalue weighted by atomic mass is 10.1.